The number of carboxylic acid groups (broad SMARTS) is 1. The van der Waals surface area contributed by atoms with Crippen molar-refractivity contribution in [3.8, 4) is 0 Å². The smallest absolute Gasteiger partial charge is 0.329 e. The molecule has 0 bridgehead atoms. The monoisotopic (exact) mass is 213 g/mol. The summed E-state index contributed by atoms with van der Waals surface area (Å²) in [6.45, 7) is 5.54. The minimum atomic E-state index is -1.03. The van der Waals surface area contributed by atoms with Crippen LogP contribution in [0, 0.1) is 11.8 Å². The third-order valence-electron chi connectivity index (χ3n) is 3.49. The Balaban J connectivity index is 2.83. The maximum Gasteiger partial charge on any atom is 0.329 e. The quantitative estimate of drug-likeness (QED) is 0.728. The molecule has 3 unspecified atom stereocenters. The van der Waals surface area contributed by atoms with Crippen molar-refractivity contribution in [3.63, 3.8) is 0 Å². The van der Waals surface area contributed by atoms with Crippen LogP contribution in [-0.4, -0.2) is 22.5 Å². The molecular weight excluding hydrogens is 194 g/mol. The van der Waals surface area contributed by atoms with Crippen LogP contribution in [0.4, 0.5) is 0 Å². The third-order valence-corrected chi connectivity index (χ3v) is 3.49. The molecule has 0 radical (unpaired) electrons. The van der Waals surface area contributed by atoms with Crippen molar-refractivity contribution in [1.29, 1.82) is 0 Å². The topological polar surface area (TPSA) is 66.4 Å². The van der Waals surface area contributed by atoms with E-state index in [2.05, 4.69) is 12.2 Å². The van der Waals surface area contributed by atoms with Crippen LogP contribution in [0.3, 0.4) is 0 Å². The summed E-state index contributed by atoms with van der Waals surface area (Å²) in [6, 6.07) is 0. The van der Waals surface area contributed by atoms with Gasteiger partial charge in [0, 0.05) is 6.92 Å². The average Bonchev–Trinajstić information content (AvgIpc) is 2.10. The van der Waals surface area contributed by atoms with E-state index in [1.807, 2.05) is 6.92 Å². The second-order valence-electron chi connectivity index (χ2n) is 4.77. The molecule has 1 saturated carbocycles. The fourth-order valence-electron chi connectivity index (χ4n) is 2.31. The van der Waals surface area contributed by atoms with Gasteiger partial charge in [-0.3, -0.25) is 4.79 Å². The van der Waals surface area contributed by atoms with Gasteiger partial charge in [0.2, 0.25) is 5.91 Å². The Kier molecular flexibility index (Phi) is 3.37. The van der Waals surface area contributed by atoms with Crippen LogP contribution in [0.2, 0.25) is 0 Å². The van der Waals surface area contributed by atoms with Crippen LogP contribution in [0.25, 0.3) is 0 Å². The number of aliphatic carboxylic acids is 1. The molecule has 1 aliphatic rings. The molecule has 0 aromatic rings. The third kappa shape index (κ3) is 2.49. The van der Waals surface area contributed by atoms with Crippen LogP contribution < -0.4 is 5.32 Å². The summed E-state index contributed by atoms with van der Waals surface area (Å²) in [5, 5.41) is 11.8. The number of carbonyl (C=O) groups is 2. The lowest BCUT2D eigenvalue weighted by Gasteiger charge is -2.39. The molecule has 15 heavy (non-hydrogen) atoms. The molecule has 2 N–H and O–H groups in total. The molecule has 1 amide bonds. The first-order valence-corrected chi connectivity index (χ1v) is 5.39. The largest absolute Gasteiger partial charge is 0.480 e. The van der Waals surface area contributed by atoms with Crippen molar-refractivity contribution >= 4 is 11.9 Å². The van der Waals surface area contributed by atoms with Crippen molar-refractivity contribution in [1.82, 2.24) is 5.32 Å². The van der Waals surface area contributed by atoms with Crippen molar-refractivity contribution in [2.75, 3.05) is 0 Å². The number of carbonyl (C=O) groups excluding carboxylic acids is 1. The van der Waals surface area contributed by atoms with Gasteiger partial charge in [0.1, 0.15) is 5.54 Å². The highest BCUT2D eigenvalue weighted by Gasteiger charge is 2.44. The lowest BCUT2D eigenvalue weighted by atomic mass is 9.71. The van der Waals surface area contributed by atoms with E-state index in [9.17, 15) is 14.7 Å². The molecule has 4 heteroatoms. The van der Waals surface area contributed by atoms with E-state index >= 15 is 0 Å². The van der Waals surface area contributed by atoms with E-state index in [1.54, 1.807) is 0 Å². The number of hydrogen-bond acceptors (Lipinski definition) is 2. The zero-order chi connectivity index (χ0) is 11.6. The zero-order valence-electron chi connectivity index (χ0n) is 9.54. The molecule has 1 fully saturated rings. The summed E-state index contributed by atoms with van der Waals surface area (Å²) in [5.41, 5.74) is -1.03. The van der Waals surface area contributed by atoms with E-state index in [0.717, 1.165) is 6.42 Å². The molecule has 0 aromatic carbocycles. The van der Waals surface area contributed by atoms with E-state index in [0.29, 0.717) is 24.7 Å². The maximum atomic E-state index is 11.2. The van der Waals surface area contributed by atoms with Gasteiger partial charge in [0.05, 0.1) is 0 Å². The number of rotatable bonds is 2. The normalized spacial score (nSPS) is 35.9. The van der Waals surface area contributed by atoms with E-state index in [4.69, 9.17) is 0 Å². The van der Waals surface area contributed by atoms with Crippen LogP contribution in [-0.2, 0) is 9.59 Å². The first kappa shape index (κ1) is 12.0. The highest BCUT2D eigenvalue weighted by molar-refractivity contribution is 5.86. The lowest BCUT2D eigenvalue weighted by Crippen LogP contribution is -2.57. The second kappa shape index (κ2) is 4.21. The first-order chi connectivity index (χ1) is 6.87. The second-order valence-corrected chi connectivity index (χ2v) is 4.77. The van der Waals surface area contributed by atoms with Crippen LogP contribution in [0.1, 0.15) is 40.0 Å². The van der Waals surface area contributed by atoms with Crippen molar-refractivity contribution in [3.05, 3.63) is 0 Å². The van der Waals surface area contributed by atoms with Gasteiger partial charge in [-0.15, -0.1) is 0 Å². The Bertz CT molecular complexity index is 277. The summed E-state index contributed by atoms with van der Waals surface area (Å²) in [4.78, 5) is 22.3. The molecule has 1 rings (SSSR count). The molecule has 0 saturated heterocycles. The van der Waals surface area contributed by atoms with E-state index in [1.165, 1.54) is 6.92 Å². The summed E-state index contributed by atoms with van der Waals surface area (Å²) >= 11 is 0. The van der Waals surface area contributed by atoms with Crippen LogP contribution in [0.15, 0.2) is 0 Å². The molecule has 4 nitrogen and oxygen atoms in total. The lowest BCUT2D eigenvalue weighted by molar-refractivity contribution is -0.150. The van der Waals surface area contributed by atoms with Crippen LogP contribution in [0.5, 0.6) is 0 Å². The minimum absolute atomic E-state index is 0.265. The standard InChI is InChI=1S/C11H19NO3/c1-7-4-5-11(10(14)15,6-8(7)2)12-9(3)13/h7-8H,4-6H2,1-3H3,(H,12,13)(H,14,15). The number of carboxylic acids is 1. The van der Waals surface area contributed by atoms with Crippen molar-refractivity contribution in [2.45, 2.75) is 45.6 Å². The molecule has 0 spiro atoms. The van der Waals surface area contributed by atoms with Crippen molar-refractivity contribution in [2.24, 2.45) is 11.8 Å². The Morgan fingerprint density at radius 3 is 2.33 bits per heavy atom. The number of nitrogens with one attached hydrogen (secondary N) is 1. The minimum Gasteiger partial charge on any atom is -0.480 e. The van der Waals surface area contributed by atoms with Gasteiger partial charge in [0.25, 0.3) is 0 Å². The molecule has 0 aliphatic heterocycles. The zero-order valence-corrected chi connectivity index (χ0v) is 9.54. The van der Waals surface area contributed by atoms with Gasteiger partial charge in [-0.25, -0.2) is 4.79 Å². The SMILES string of the molecule is CC(=O)NC1(C(=O)O)CCC(C)C(C)C1. The Morgan fingerprint density at radius 2 is 1.93 bits per heavy atom. The maximum absolute atomic E-state index is 11.2. The van der Waals surface area contributed by atoms with E-state index < -0.39 is 11.5 Å². The fraction of sp³-hybridized carbons (Fsp3) is 0.818. The predicted molar refractivity (Wildman–Crippen MR) is 56.4 cm³/mol. The Morgan fingerprint density at radius 1 is 1.33 bits per heavy atom. The number of hydrogen-bond donors (Lipinski definition) is 2. The summed E-state index contributed by atoms with van der Waals surface area (Å²) in [6.07, 6.45) is 1.92. The van der Waals surface area contributed by atoms with Gasteiger partial charge in [-0.2, -0.15) is 0 Å². The first-order valence-electron chi connectivity index (χ1n) is 5.39. The highest BCUT2D eigenvalue weighted by atomic mass is 16.4. The molecule has 86 valence electrons. The molecular formula is C11H19NO3. The predicted octanol–water partition coefficient (Wildman–Crippen LogP) is 1.40. The van der Waals surface area contributed by atoms with E-state index in [-0.39, 0.29) is 5.91 Å². The Labute approximate surface area is 90.0 Å². The average molecular weight is 213 g/mol. The molecule has 3 atom stereocenters. The van der Waals surface area contributed by atoms with Gasteiger partial charge in [-0.1, -0.05) is 13.8 Å². The number of amides is 1. The molecule has 1 aliphatic carbocycles. The van der Waals surface area contributed by atoms with Gasteiger partial charge in [-0.05, 0) is 31.1 Å². The Hall–Kier alpha value is -1.06. The fourth-order valence-corrected chi connectivity index (χ4v) is 2.31. The van der Waals surface area contributed by atoms with Gasteiger partial charge >= 0.3 is 5.97 Å². The van der Waals surface area contributed by atoms with Crippen molar-refractivity contribution < 1.29 is 14.7 Å². The summed E-state index contributed by atoms with van der Waals surface area (Å²) in [7, 11) is 0. The summed E-state index contributed by atoms with van der Waals surface area (Å²) in [5.74, 6) is -0.302. The summed E-state index contributed by atoms with van der Waals surface area (Å²) < 4.78 is 0. The molecule has 0 heterocycles. The highest BCUT2D eigenvalue weighted by Crippen LogP contribution is 2.36. The van der Waals surface area contributed by atoms with Gasteiger partial charge in [0.15, 0.2) is 0 Å². The van der Waals surface area contributed by atoms with Crippen LogP contribution >= 0.6 is 0 Å². The molecule has 0 aromatic heterocycles. The van der Waals surface area contributed by atoms with Gasteiger partial charge < -0.3 is 10.4 Å².